The number of carbonyl (C=O) groups is 2. The van der Waals surface area contributed by atoms with Crippen molar-refractivity contribution in [3.05, 3.63) is 63.2 Å². The number of aromatic nitrogens is 2. The topological polar surface area (TPSA) is 76.0 Å². The van der Waals surface area contributed by atoms with Gasteiger partial charge in [-0.25, -0.2) is 4.68 Å². The van der Waals surface area contributed by atoms with Gasteiger partial charge < -0.3 is 10.6 Å². The van der Waals surface area contributed by atoms with Crippen molar-refractivity contribution in [1.29, 1.82) is 0 Å². The lowest BCUT2D eigenvalue weighted by Crippen LogP contribution is -2.24. The van der Waals surface area contributed by atoms with Crippen molar-refractivity contribution in [2.24, 2.45) is 0 Å². The van der Waals surface area contributed by atoms with Crippen molar-refractivity contribution in [3.63, 3.8) is 0 Å². The molecule has 1 aliphatic rings. The van der Waals surface area contributed by atoms with E-state index in [1.165, 1.54) is 0 Å². The van der Waals surface area contributed by atoms with E-state index < -0.39 is 6.04 Å². The lowest BCUT2D eigenvalue weighted by atomic mass is 10.1. The van der Waals surface area contributed by atoms with Gasteiger partial charge in [0.15, 0.2) is 0 Å². The maximum atomic E-state index is 12.5. The Morgan fingerprint density at radius 2 is 1.97 bits per heavy atom. The Bertz CT molecular complexity index is 1140. The number of anilines is 2. The van der Waals surface area contributed by atoms with Gasteiger partial charge in [0.05, 0.1) is 27.8 Å². The molecule has 2 heterocycles. The van der Waals surface area contributed by atoms with E-state index in [0.29, 0.717) is 21.6 Å². The van der Waals surface area contributed by atoms with E-state index in [2.05, 4.69) is 15.7 Å². The highest BCUT2D eigenvalue weighted by Gasteiger charge is 2.36. The SMILES string of the molecule is Cc1nn2c(c1-c1cccc(Cl)c1)NC(=O)C2CC(=O)Nc1cccc(Cl)c1Cl. The van der Waals surface area contributed by atoms with Crippen LogP contribution in [0.5, 0.6) is 0 Å². The Morgan fingerprint density at radius 3 is 2.72 bits per heavy atom. The van der Waals surface area contributed by atoms with E-state index in [0.717, 1.165) is 16.8 Å². The Hall–Kier alpha value is -2.54. The summed E-state index contributed by atoms with van der Waals surface area (Å²) in [5.41, 5.74) is 2.73. The molecule has 1 aliphatic heterocycles. The predicted octanol–water partition coefficient (Wildman–Crippen LogP) is 5.34. The van der Waals surface area contributed by atoms with Crippen LogP contribution in [0.2, 0.25) is 15.1 Å². The van der Waals surface area contributed by atoms with Crippen LogP contribution in [0, 0.1) is 6.92 Å². The van der Waals surface area contributed by atoms with Gasteiger partial charge in [-0.3, -0.25) is 9.59 Å². The maximum Gasteiger partial charge on any atom is 0.251 e. The number of rotatable bonds is 4. The summed E-state index contributed by atoms with van der Waals surface area (Å²) in [6.45, 7) is 1.84. The van der Waals surface area contributed by atoms with Crippen LogP contribution in [0.1, 0.15) is 18.2 Å². The first-order valence-corrected chi connectivity index (χ1v) is 9.88. The monoisotopic (exact) mass is 448 g/mol. The third-order valence-electron chi connectivity index (χ3n) is 4.64. The molecule has 0 saturated heterocycles. The number of nitrogens with zero attached hydrogens (tertiary/aromatic N) is 2. The average molecular weight is 450 g/mol. The second kappa shape index (κ2) is 7.71. The molecule has 1 aromatic heterocycles. The van der Waals surface area contributed by atoms with Crippen molar-refractivity contribution in [3.8, 4) is 11.1 Å². The molecule has 6 nitrogen and oxygen atoms in total. The van der Waals surface area contributed by atoms with Crippen molar-refractivity contribution in [2.45, 2.75) is 19.4 Å². The first-order chi connectivity index (χ1) is 13.8. The molecule has 148 valence electrons. The van der Waals surface area contributed by atoms with Gasteiger partial charge in [-0.1, -0.05) is 53.0 Å². The third-order valence-corrected chi connectivity index (χ3v) is 5.70. The number of hydrogen-bond donors (Lipinski definition) is 2. The molecule has 0 saturated carbocycles. The second-order valence-electron chi connectivity index (χ2n) is 6.62. The summed E-state index contributed by atoms with van der Waals surface area (Å²) in [5.74, 6) is -0.129. The fraction of sp³-hybridized carbons (Fsp3) is 0.150. The van der Waals surface area contributed by atoms with E-state index in [9.17, 15) is 9.59 Å². The maximum absolute atomic E-state index is 12.5. The molecule has 1 atom stereocenters. The van der Waals surface area contributed by atoms with Gasteiger partial charge in [-0.2, -0.15) is 5.10 Å². The van der Waals surface area contributed by atoms with Gasteiger partial charge in [0, 0.05) is 10.6 Å². The molecule has 0 radical (unpaired) electrons. The number of hydrogen-bond acceptors (Lipinski definition) is 3. The summed E-state index contributed by atoms with van der Waals surface area (Å²) >= 11 is 18.2. The summed E-state index contributed by atoms with van der Waals surface area (Å²) in [6.07, 6.45) is -0.0994. The van der Waals surface area contributed by atoms with Gasteiger partial charge in [0.25, 0.3) is 5.91 Å². The van der Waals surface area contributed by atoms with Crippen LogP contribution in [-0.2, 0) is 9.59 Å². The van der Waals surface area contributed by atoms with Crippen LogP contribution in [-0.4, -0.2) is 21.6 Å². The zero-order valence-corrected chi connectivity index (χ0v) is 17.4. The van der Waals surface area contributed by atoms with Crippen molar-refractivity contribution >= 4 is 58.1 Å². The van der Waals surface area contributed by atoms with Crippen LogP contribution in [0.15, 0.2) is 42.5 Å². The molecular weight excluding hydrogens is 435 g/mol. The van der Waals surface area contributed by atoms with Gasteiger partial charge in [-0.05, 0) is 36.8 Å². The first-order valence-electron chi connectivity index (χ1n) is 8.75. The Kier molecular flexibility index (Phi) is 5.25. The third kappa shape index (κ3) is 3.71. The van der Waals surface area contributed by atoms with Crippen molar-refractivity contribution in [1.82, 2.24) is 9.78 Å². The van der Waals surface area contributed by atoms with E-state index in [4.69, 9.17) is 34.8 Å². The smallest absolute Gasteiger partial charge is 0.251 e. The molecule has 3 aromatic rings. The molecule has 29 heavy (non-hydrogen) atoms. The van der Waals surface area contributed by atoms with Gasteiger partial charge in [0.2, 0.25) is 5.91 Å². The van der Waals surface area contributed by atoms with Crippen LogP contribution < -0.4 is 10.6 Å². The zero-order chi connectivity index (χ0) is 20.7. The predicted molar refractivity (Wildman–Crippen MR) is 115 cm³/mol. The Morgan fingerprint density at radius 1 is 1.21 bits per heavy atom. The number of carbonyl (C=O) groups excluding carboxylic acids is 2. The molecule has 9 heteroatoms. The minimum absolute atomic E-state index is 0.0994. The summed E-state index contributed by atoms with van der Waals surface area (Å²) < 4.78 is 1.55. The number of aryl methyl sites for hydroxylation is 1. The number of fused-ring (bicyclic) bond motifs is 1. The largest absolute Gasteiger partial charge is 0.325 e. The molecule has 4 rings (SSSR count). The Balaban J connectivity index is 1.60. The van der Waals surface area contributed by atoms with Gasteiger partial charge >= 0.3 is 0 Å². The highest BCUT2D eigenvalue weighted by Crippen LogP contribution is 2.39. The molecular formula is C20H15Cl3N4O2. The molecule has 0 bridgehead atoms. The summed E-state index contributed by atoms with van der Waals surface area (Å²) in [4.78, 5) is 25.1. The highest BCUT2D eigenvalue weighted by molar-refractivity contribution is 6.44. The van der Waals surface area contributed by atoms with Crippen LogP contribution in [0.3, 0.4) is 0 Å². The lowest BCUT2D eigenvalue weighted by molar-refractivity contribution is -0.123. The van der Waals surface area contributed by atoms with E-state index >= 15 is 0 Å². The fourth-order valence-corrected chi connectivity index (χ4v) is 3.89. The molecule has 0 spiro atoms. The molecule has 1 unspecified atom stereocenters. The Labute approximate surface area is 181 Å². The first kappa shape index (κ1) is 19.8. The number of benzene rings is 2. The van der Waals surface area contributed by atoms with Crippen molar-refractivity contribution in [2.75, 3.05) is 10.6 Å². The summed E-state index contributed by atoms with van der Waals surface area (Å²) in [7, 11) is 0. The number of nitrogens with one attached hydrogen (secondary N) is 2. The van der Waals surface area contributed by atoms with Gasteiger partial charge in [-0.15, -0.1) is 0 Å². The average Bonchev–Trinajstić information content (AvgIpc) is 3.13. The normalized spacial score (nSPS) is 15.2. The van der Waals surface area contributed by atoms with E-state index in [1.807, 2.05) is 19.1 Å². The quantitative estimate of drug-likeness (QED) is 0.564. The number of halogens is 3. The molecule has 2 N–H and O–H groups in total. The van der Waals surface area contributed by atoms with Crippen LogP contribution >= 0.6 is 34.8 Å². The van der Waals surface area contributed by atoms with E-state index in [-0.39, 0.29) is 23.3 Å². The second-order valence-corrected chi connectivity index (χ2v) is 7.84. The van der Waals surface area contributed by atoms with Crippen molar-refractivity contribution < 1.29 is 9.59 Å². The molecule has 2 amide bonds. The molecule has 0 aliphatic carbocycles. The van der Waals surface area contributed by atoms with Gasteiger partial charge in [0.1, 0.15) is 11.9 Å². The lowest BCUT2D eigenvalue weighted by Gasteiger charge is -2.11. The minimum Gasteiger partial charge on any atom is -0.325 e. The standard InChI is InChI=1S/C20H15Cl3N4O2/c1-10-17(11-4-2-5-12(21)8-11)19-25-20(29)15(27(19)26-10)9-16(28)24-14-7-3-6-13(22)18(14)23/h2-8,15H,9H2,1H3,(H,24,28)(H,25,29). The summed E-state index contributed by atoms with van der Waals surface area (Å²) in [5, 5.41) is 11.2. The highest BCUT2D eigenvalue weighted by atomic mass is 35.5. The van der Waals surface area contributed by atoms with Crippen LogP contribution in [0.4, 0.5) is 11.5 Å². The fourth-order valence-electron chi connectivity index (χ4n) is 3.35. The summed E-state index contributed by atoms with van der Waals surface area (Å²) in [6, 6.07) is 11.5. The van der Waals surface area contributed by atoms with Crippen LogP contribution in [0.25, 0.3) is 11.1 Å². The van der Waals surface area contributed by atoms with E-state index in [1.54, 1.807) is 35.0 Å². The molecule has 0 fully saturated rings. The molecule has 2 aromatic carbocycles. The minimum atomic E-state index is -0.769. The number of amides is 2. The zero-order valence-electron chi connectivity index (χ0n) is 15.2.